The van der Waals surface area contributed by atoms with E-state index in [9.17, 15) is 10.1 Å². The molecule has 0 amide bonds. The van der Waals surface area contributed by atoms with Crippen LogP contribution in [0, 0.1) is 10.1 Å². The maximum atomic E-state index is 12.2. The number of pyridine rings is 1. The van der Waals surface area contributed by atoms with Gasteiger partial charge in [0.2, 0.25) is 11.6 Å². The molecule has 4 rings (SSSR count). The second-order valence-corrected chi connectivity index (χ2v) is 7.29. The van der Waals surface area contributed by atoms with Gasteiger partial charge < -0.3 is 9.80 Å². The van der Waals surface area contributed by atoms with E-state index in [1.54, 1.807) is 11.1 Å². The predicted octanol–water partition coefficient (Wildman–Crippen LogP) is 4.50. The van der Waals surface area contributed by atoms with E-state index in [1.807, 2.05) is 53.4 Å². The normalized spacial score (nSPS) is 14.2. The van der Waals surface area contributed by atoms with Gasteiger partial charge in [0.25, 0.3) is 0 Å². The standard InChI is InChI=1S/C22H24N6O2/c29-28(30)20-21(26-14-8-1-2-9-15-26)24-17-25-22(20)27(19-12-6-7-13-23-19)16-18-10-4-3-5-11-18/h3-7,10-13,17H,1-2,8-9,14-16H2. The van der Waals surface area contributed by atoms with Gasteiger partial charge in [0.1, 0.15) is 12.1 Å². The van der Waals surface area contributed by atoms with Gasteiger partial charge in [-0.1, -0.05) is 49.2 Å². The van der Waals surface area contributed by atoms with Crippen LogP contribution < -0.4 is 9.80 Å². The molecule has 1 fully saturated rings. The van der Waals surface area contributed by atoms with E-state index in [-0.39, 0.29) is 16.4 Å². The summed E-state index contributed by atoms with van der Waals surface area (Å²) in [5, 5.41) is 12.2. The molecule has 1 aliphatic heterocycles. The van der Waals surface area contributed by atoms with Crippen molar-refractivity contribution < 1.29 is 4.92 Å². The van der Waals surface area contributed by atoms with Gasteiger partial charge in [-0.2, -0.15) is 0 Å². The van der Waals surface area contributed by atoms with Crippen molar-refractivity contribution in [2.75, 3.05) is 22.9 Å². The average Bonchev–Trinajstić information content (AvgIpc) is 3.08. The SMILES string of the molecule is O=[N+]([O-])c1c(N2CCCCCC2)ncnc1N(Cc1ccccc1)c1ccccn1. The fourth-order valence-corrected chi connectivity index (χ4v) is 3.78. The Morgan fingerprint density at radius 1 is 0.933 bits per heavy atom. The third-order valence-electron chi connectivity index (χ3n) is 5.24. The van der Waals surface area contributed by atoms with Crippen molar-refractivity contribution in [2.45, 2.75) is 32.2 Å². The molecule has 0 saturated carbocycles. The Morgan fingerprint density at radius 2 is 1.67 bits per heavy atom. The zero-order valence-corrected chi connectivity index (χ0v) is 16.7. The van der Waals surface area contributed by atoms with Gasteiger partial charge in [0, 0.05) is 19.3 Å². The highest BCUT2D eigenvalue weighted by atomic mass is 16.6. The van der Waals surface area contributed by atoms with Crippen molar-refractivity contribution in [1.29, 1.82) is 0 Å². The molecule has 30 heavy (non-hydrogen) atoms. The van der Waals surface area contributed by atoms with Crippen LogP contribution in [0.15, 0.2) is 61.1 Å². The van der Waals surface area contributed by atoms with Crippen molar-refractivity contribution in [3.05, 3.63) is 76.7 Å². The van der Waals surface area contributed by atoms with Crippen LogP contribution in [0.1, 0.15) is 31.2 Å². The monoisotopic (exact) mass is 404 g/mol. The van der Waals surface area contributed by atoms with Gasteiger partial charge in [0.15, 0.2) is 0 Å². The Bertz CT molecular complexity index is 975. The molecule has 0 spiro atoms. The summed E-state index contributed by atoms with van der Waals surface area (Å²) >= 11 is 0. The smallest absolute Gasteiger partial charge is 0.351 e. The number of rotatable bonds is 6. The van der Waals surface area contributed by atoms with Crippen molar-refractivity contribution >= 4 is 23.1 Å². The number of nitro groups is 1. The third kappa shape index (κ3) is 4.37. The fraction of sp³-hybridized carbons (Fsp3) is 0.318. The molecular formula is C22H24N6O2. The lowest BCUT2D eigenvalue weighted by Crippen LogP contribution is -2.27. The molecule has 0 atom stereocenters. The summed E-state index contributed by atoms with van der Waals surface area (Å²) in [7, 11) is 0. The van der Waals surface area contributed by atoms with Gasteiger partial charge in [-0.25, -0.2) is 15.0 Å². The van der Waals surface area contributed by atoms with E-state index in [1.165, 1.54) is 6.33 Å². The second-order valence-electron chi connectivity index (χ2n) is 7.29. The van der Waals surface area contributed by atoms with Crippen LogP contribution in [-0.4, -0.2) is 33.0 Å². The van der Waals surface area contributed by atoms with Crippen molar-refractivity contribution in [2.24, 2.45) is 0 Å². The Morgan fingerprint density at radius 3 is 2.33 bits per heavy atom. The molecule has 0 bridgehead atoms. The number of aromatic nitrogens is 3. The highest BCUT2D eigenvalue weighted by Crippen LogP contribution is 2.38. The summed E-state index contributed by atoms with van der Waals surface area (Å²) in [6.07, 6.45) is 7.38. The molecule has 1 aliphatic rings. The minimum atomic E-state index is -0.365. The Balaban J connectivity index is 1.81. The molecule has 1 saturated heterocycles. The van der Waals surface area contributed by atoms with E-state index in [4.69, 9.17) is 0 Å². The first-order valence-corrected chi connectivity index (χ1v) is 10.2. The van der Waals surface area contributed by atoms with Gasteiger partial charge in [-0.3, -0.25) is 10.1 Å². The largest absolute Gasteiger partial charge is 0.354 e. The molecular weight excluding hydrogens is 380 g/mol. The molecule has 3 heterocycles. The van der Waals surface area contributed by atoms with Crippen LogP contribution in [0.25, 0.3) is 0 Å². The zero-order chi connectivity index (χ0) is 20.8. The summed E-state index contributed by atoms with van der Waals surface area (Å²) in [4.78, 5) is 28.8. The van der Waals surface area contributed by atoms with Crippen LogP contribution in [0.5, 0.6) is 0 Å². The highest BCUT2D eigenvalue weighted by Gasteiger charge is 2.31. The molecule has 3 aromatic rings. The topological polar surface area (TPSA) is 88.3 Å². The molecule has 1 aromatic carbocycles. The first kappa shape index (κ1) is 19.8. The Kier molecular flexibility index (Phi) is 6.12. The number of anilines is 3. The first-order chi connectivity index (χ1) is 14.7. The van der Waals surface area contributed by atoms with Crippen LogP contribution in [-0.2, 0) is 6.54 Å². The maximum Gasteiger partial charge on any atom is 0.354 e. The van der Waals surface area contributed by atoms with Crippen molar-refractivity contribution in [3.63, 3.8) is 0 Å². The second kappa shape index (κ2) is 9.30. The highest BCUT2D eigenvalue weighted by molar-refractivity contribution is 5.75. The number of benzene rings is 1. The molecule has 2 aromatic heterocycles. The van der Waals surface area contributed by atoms with E-state index < -0.39 is 0 Å². The summed E-state index contributed by atoms with van der Waals surface area (Å²) in [5.41, 5.74) is 0.938. The summed E-state index contributed by atoms with van der Waals surface area (Å²) < 4.78 is 0. The van der Waals surface area contributed by atoms with Crippen molar-refractivity contribution in [1.82, 2.24) is 15.0 Å². The van der Waals surface area contributed by atoms with E-state index in [2.05, 4.69) is 15.0 Å². The molecule has 154 valence electrons. The maximum absolute atomic E-state index is 12.2. The quantitative estimate of drug-likeness (QED) is 0.441. The number of hydrogen-bond acceptors (Lipinski definition) is 7. The fourth-order valence-electron chi connectivity index (χ4n) is 3.78. The molecule has 0 N–H and O–H groups in total. The summed E-state index contributed by atoms with van der Waals surface area (Å²) in [5.74, 6) is 1.25. The molecule has 0 unspecified atom stereocenters. The van der Waals surface area contributed by atoms with Gasteiger partial charge in [0.05, 0.1) is 11.5 Å². The van der Waals surface area contributed by atoms with Crippen LogP contribution >= 0.6 is 0 Å². The lowest BCUT2D eigenvalue weighted by Gasteiger charge is -2.25. The molecule has 0 aliphatic carbocycles. The third-order valence-corrected chi connectivity index (χ3v) is 5.24. The Labute approximate surface area is 175 Å². The number of hydrogen-bond donors (Lipinski definition) is 0. The molecule has 8 nitrogen and oxygen atoms in total. The zero-order valence-electron chi connectivity index (χ0n) is 16.7. The Hall–Kier alpha value is -3.55. The summed E-state index contributed by atoms with van der Waals surface area (Å²) in [6.45, 7) is 1.94. The lowest BCUT2D eigenvalue weighted by atomic mass is 10.2. The molecule has 8 heteroatoms. The minimum absolute atomic E-state index is 0.0685. The first-order valence-electron chi connectivity index (χ1n) is 10.2. The number of nitrogens with zero attached hydrogens (tertiary/aromatic N) is 6. The molecule has 0 radical (unpaired) electrons. The van der Waals surface area contributed by atoms with Gasteiger partial charge in [-0.15, -0.1) is 0 Å². The van der Waals surface area contributed by atoms with Crippen LogP contribution in [0.2, 0.25) is 0 Å². The van der Waals surface area contributed by atoms with E-state index >= 15 is 0 Å². The van der Waals surface area contributed by atoms with E-state index in [0.717, 1.165) is 44.3 Å². The van der Waals surface area contributed by atoms with Crippen LogP contribution in [0.3, 0.4) is 0 Å². The van der Waals surface area contributed by atoms with Gasteiger partial charge in [-0.05, 0) is 30.5 Å². The van der Waals surface area contributed by atoms with Crippen LogP contribution in [0.4, 0.5) is 23.1 Å². The average molecular weight is 404 g/mol. The van der Waals surface area contributed by atoms with Gasteiger partial charge >= 0.3 is 5.69 Å². The lowest BCUT2D eigenvalue weighted by molar-refractivity contribution is -0.383. The van der Waals surface area contributed by atoms with E-state index in [0.29, 0.717) is 18.2 Å². The summed E-state index contributed by atoms with van der Waals surface area (Å²) in [6, 6.07) is 15.3. The van der Waals surface area contributed by atoms with Crippen molar-refractivity contribution in [3.8, 4) is 0 Å². The minimum Gasteiger partial charge on any atom is -0.351 e. The predicted molar refractivity (Wildman–Crippen MR) is 116 cm³/mol.